The van der Waals surface area contributed by atoms with E-state index in [2.05, 4.69) is 51.8 Å². The first-order valence-corrected chi connectivity index (χ1v) is 11.0. The number of hydrogen-bond acceptors (Lipinski definition) is 4. The van der Waals surface area contributed by atoms with Crippen molar-refractivity contribution in [2.45, 2.75) is 32.2 Å². The molecule has 0 bridgehead atoms. The number of fused-ring (bicyclic) bond motifs is 2. The lowest BCUT2D eigenvalue weighted by Crippen LogP contribution is -2.22. The average molecular weight is 450 g/mol. The Kier molecular flexibility index (Phi) is 5.14. The fraction of sp³-hybridized carbons (Fsp3) is 0.185. The summed E-state index contributed by atoms with van der Waals surface area (Å²) in [6.07, 6.45) is 5.74. The number of nitrogens with zero attached hydrogens (tertiary/aromatic N) is 4. The van der Waals surface area contributed by atoms with Crippen molar-refractivity contribution in [3.63, 3.8) is 0 Å². The van der Waals surface area contributed by atoms with Crippen LogP contribution in [0, 0.1) is 11.3 Å². The van der Waals surface area contributed by atoms with Crippen molar-refractivity contribution < 1.29 is 9.90 Å². The number of nitriles is 1. The zero-order chi connectivity index (χ0) is 23.9. The molecule has 0 fully saturated rings. The van der Waals surface area contributed by atoms with E-state index < -0.39 is 11.4 Å². The number of carboxylic acids is 1. The summed E-state index contributed by atoms with van der Waals surface area (Å²) in [7, 11) is 0. The van der Waals surface area contributed by atoms with Crippen LogP contribution in [0.4, 0.5) is 0 Å². The molecule has 0 aliphatic heterocycles. The van der Waals surface area contributed by atoms with Gasteiger partial charge in [0.25, 0.3) is 0 Å². The van der Waals surface area contributed by atoms with Crippen LogP contribution in [0.2, 0.25) is 0 Å². The highest BCUT2D eigenvalue weighted by Crippen LogP contribution is 2.44. The van der Waals surface area contributed by atoms with Gasteiger partial charge in [-0.1, -0.05) is 32.0 Å². The Hall–Kier alpha value is -4.44. The molecular weight excluding hydrogens is 426 g/mol. The molecular formula is C27H23N5O2. The van der Waals surface area contributed by atoms with E-state index >= 15 is 0 Å². The number of aromatic amines is 1. The molecule has 0 spiro atoms. The molecule has 0 amide bonds. The van der Waals surface area contributed by atoms with Crippen LogP contribution in [0.1, 0.15) is 41.9 Å². The third-order valence-corrected chi connectivity index (χ3v) is 6.27. The molecule has 0 aliphatic carbocycles. The van der Waals surface area contributed by atoms with Gasteiger partial charge >= 0.3 is 5.97 Å². The van der Waals surface area contributed by atoms with Crippen molar-refractivity contribution in [1.82, 2.24) is 19.7 Å². The van der Waals surface area contributed by atoms with Gasteiger partial charge in [-0.2, -0.15) is 10.4 Å². The van der Waals surface area contributed by atoms with Gasteiger partial charge in [0, 0.05) is 52.8 Å². The number of carboxylic acid groups (broad SMARTS) is 1. The lowest BCUT2D eigenvalue weighted by Gasteiger charge is -2.26. The van der Waals surface area contributed by atoms with Gasteiger partial charge in [0.05, 0.1) is 28.9 Å². The molecule has 0 saturated carbocycles. The van der Waals surface area contributed by atoms with Gasteiger partial charge in [-0.3, -0.25) is 10.1 Å². The molecule has 0 atom stereocenters. The number of carbonyl (C=O) groups is 1. The smallest absolute Gasteiger partial charge is 0.335 e. The van der Waals surface area contributed by atoms with Crippen LogP contribution in [0.15, 0.2) is 67.1 Å². The second kappa shape index (κ2) is 8.16. The van der Waals surface area contributed by atoms with Crippen molar-refractivity contribution >= 4 is 27.8 Å². The molecule has 0 radical (unpaired) electrons. The van der Waals surface area contributed by atoms with Gasteiger partial charge < -0.3 is 9.67 Å². The third kappa shape index (κ3) is 3.59. The predicted octanol–water partition coefficient (Wildman–Crippen LogP) is 5.52. The Bertz CT molecular complexity index is 1550. The number of benzene rings is 2. The zero-order valence-corrected chi connectivity index (χ0v) is 18.9. The van der Waals surface area contributed by atoms with E-state index in [9.17, 15) is 15.2 Å². The zero-order valence-electron chi connectivity index (χ0n) is 18.9. The van der Waals surface area contributed by atoms with Crippen LogP contribution in [-0.2, 0) is 12.0 Å². The van der Waals surface area contributed by atoms with Crippen LogP contribution in [0.25, 0.3) is 32.9 Å². The van der Waals surface area contributed by atoms with E-state index in [4.69, 9.17) is 0 Å². The number of aromatic carboxylic acids is 1. The van der Waals surface area contributed by atoms with Crippen molar-refractivity contribution in [3.8, 4) is 17.2 Å². The standard InChI is InChI=1S/C27H23N5O2/c1-27(2,9-10-28)25-24(18-5-7-19(8-6-18)26(33)34)21-13-22-20(15-30-31-22)12-23(21)32(25)16-17-4-3-11-29-14-17/h3-8,11-15H,9,16H2,1-2H3,(H,30,31)(H,33,34). The lowest BCUT2D eigenvalue weighted by atomic mass is 9.81. The van der Waals surface area contributed by atoms with Crippen LogP contribution < -0.4 is 0 Å². The van der Waals surface area contributed by atoms with Gasteiger partial charge in [0.15, 0.2) is 0 Å². The molecule has 2 N–H and O–H groups in total. The van der Waals surface area contributed by atoms with Gasteiger partial charge in [-0.05, 0) is 41.5 Å². The minimum absolute atomic E-state index is 0.233. The first-order chi connectivity index (χ1) is 16.4. The summed E-state index contributed by atoms with van der Waals surface area (Å²) in [5.74, 6) is -0.963. The highest BCUT2D eigenvalue weighted by Gasteiger charge is 2.31. The quantitative estimate of drug-likeness (QED) is 0.355. The van der Waals surface area contributed by atoms with Crippen molar-refractivity contribution in [2.24, 2.45) is 0 Å². The molecule has 3 aromatic heterocycles. The largest absolute Gasteiger partial charge is 0.478 e. The Morgan fingerprint density at radius 2 is 1.97 bits per heavy atom. The molecule has 0 unspecified atom stereocenters. The molecule has 5 aromatic rings. The summed E-state index contributed by atoms with van der Waals surface area (Å²) in [6.45, 7) is 4.74. The fourth-order valence-electron chi connectivity index (χ4n) is 4.68. The van der Waals surface area contributed by atoms with Crippen molar-refractivity contribution in [2.75, 3.05) is 0 Å². The molecule has 5 rings (SSSR count). The van der Waals surface area contributed by atoms with Crippen LogP contribution in [0.3, 0.4) is 0 Å². The van der Waals surface area contributed by atoms with Crippen molar-refractivity contribution in [3.05, 3.63) is 83.9 Å². The first kappa shape index (κ1) is 21.4. The van der Waals surface area contributed by atoms with Crippen LogP contribution in [-0.4, -0.2) is 30.8 Å². The maximum absolute atomic E-state index is 11.4. The van der Waals surface area contributed by atoms with Crippen LogP contribution >= 0.6 is 0 Å². The molecule has 7 heteroatoms. The topological polar surface area (TPSA) is 108 Å². The normalized spacial score (nSPS) is 11.7. The highest BCUT2D eigenvalue weighted by molar-refractivity contribution is 6.05. The summed E-state index contributed by atoms with van der Waals surface area (Å²) < 4.78 is 2.26. The van der Waals surface area contributed by atoms with Gasteiger partial charge in [-0.15, -0.1) is 0 Å². The Morgan fingerprint density at radius 1 is 1.18 bits per heavy atom. The number of aromatic nitrogens is 4. The maximum Gasteiger partial charge on any atom is 0.335 e. The molecule has 7 nitrogen and oxygen atoms in total. The Labute approximate surface area is 196 Å². The van der Waals surface area contributed by atoms with E-state index in [0.29, 0.717) is 13.0 Å². The monoisotopic (exact) mass is 449 g/mol. The number of rotatable bonds is 6. The maximum atomic E-state index is 11.4. The van der Waals surface area contributed by atoms with Crippen molar-refractivity contribution in [1.29, 1.82) is 5.26 Å². The second-order valence-electron chi connectivity index (χ2n) is 9.10. The minimum atomic E-state index is -0.963. The number of H-pyrrole nitrogens is 1. The number of hydrogen-bond donors (Lipinski definition) is 2. The first-order valence-electron chi connectivity index (χ1n) is 11.0. The Balaban J connectivity index is 1.87. The van der Waals surface area contributed by atoms with Gasteiger partial charge in [-0.25, -0.2) is 4.79 Å². The number of pyridine rings is 1. The molecule has 34 heavy (non-hydrogen) atoms. The average Bonchev–Trinajstić information content (AvgIpc) is 3.41. The molecule has 3 heterocycles. The van der Waals surface area contributed by atoms with E-state index in [1.807, 2.05) is 30.5 Å². The SMILES string of the molecule is CC(C)(CC#N)c1c(-c2ccc(C(=O)O)cc2)c2cc3[nH]ncc3cc2n1Cc1cccnc1. The fourth-order valence-corrected chi connectivity index (χ4v) is 4.68. The summed E-state index contributed by atoms with van der Waals surface area (Å²) in [5, 5.41) is 28.3. The summed E-state index contributed by atoms with van der Waals surface area (Å²) in [5.41, 5.74) is 5.67. The lowest BCUT2D eigenvalue weighted by molar-refractivity contribution is 0.0697. The molecule has 168 valence electrons. The van der Waals surface area contributed by atoms with E-state index in [1.54, 1.807) is 24.5 Å². The molecule has 0 aliphatic rings. The predicted molar refractivity (Wildman–Crippen MR) is 131 cm³/mol. The Morgan fingerprint density at radius 3 is 2.65 bits per heavy atom. The minimum Gasteiger partial charge on any atom is -0.478 e. The highest BCUT2D eigenvalue weighted by atomic mass is 16.4. The van der Waals surface area contributed by atoms with E-state index in [0.717, 1.165) is 44.2 Å². The molecule has 0 saturated heterocycles. The third-order valence-electron chi connectivity index (χ3n) is 6.27. The van der Waals surface area contributed by atoms with Crippen LogP contribution in [0.5, 0.6) is 0 Å². The van der Waals surface area contributed by atoms with E-state index in [-0.39, 0.29) is 5.56 Å². The summed E-state index contributed by atoms with van der Waals surface area (Å²) >= 11 is 0. The van der Waals surface area contributed by atoms with Gasteiger partial charge in [0.2, 0.25) is 0 Å². The second-order valence-corrected chi connectivity index (χ2v) is 9.10. The summed E-state index contributed by atoms with van der Waals surface area (Å²) in [6, 6.07) is 17.4. The number of nitrogens with one attached hydrogen (secondary N) is 1. The van der Waals surface area contributed by atoms with E-state index in [1.165, 1.54) is 0 Å². The van der Waals surface area contributed by atoms with Gasteiger partial charge in [0.1, 0.15) is 0 Å². The summed E-state index contributed by atoms with van der Waals surface area (Å²) in [4.78, 5) is 15.7. The molecule has 2 aromatic carbocycles.